The van der Waals surface area contributed by atoms with E-state index in [4.69, 9.17) is 16.5 Å². The summed E-state index contributed by atoms with van der Waals surface area (Å²) in [6.45, 7) is 4.65. The number of hydrogen-bond acceptors (Lipinski definition) is 4. The normalized spacial score (nSPS) is 13.8. The van der Waals surface area contributed by atoms with Crippen LogP contribution in [0, 0.1) is 0 Å². The number of nitrogens with one attached hydrogen (secondary N) is 1. The lowest BCUT2D eigenvalue weighted by molar-refractivity contribution is 1.14. The number of aromatic amines is 1. The molecule has 160 valence electrons. The third-order valence-electron chi connectivity index (χ3n) is 4.94. The van der Waals surface area contributed by atoms with E-state index in [1.807, 2.05) is 37.3 Å². The van der Waals surface area contributed by atoms with Gasteiger partial charge >= 0.3 is 0 Å². The van der Waals surface area contributed by atoms with Crippen LogP contribution in [0.1, 0.15) is 25.8 Å². The molecule has 0 aliphatic rings. The summed E-state index contributed by atoms with van der Waals surface area (Å²) in [6.07, 6.45) is 11.3. The second kappa shape index (κ2) is 10.8. The van der Waals surface area contributed by atoms with Gasteiger partial charge in [-0.1, -0.05) is 67.1 Å². The third kappa shape index (κ3) is 5.78. The molecule has 0 spiro atoms. The molecule has 0 atom stereocenters. The molecule has 3 rings (SSSR count). The van der Waals surface area contributed by atoms with Crippen molar-refractivity contribution in [1.29, 1.82) is 0 Å². The number of allylic oxidation sites excluding steroid dienone is 2. The van der Waals surface area contributed by atoms with Gasteiger partial charge in [0.1, 0.15) is 5.82 Å². The number of nitrogens with zero attached hydrogens (tertiary/aromatic N) is 1. The molecule has 0 radical (unpaired) electrons. The number of H-pyrrole nitrogens is 1. The molecule has 1 aromatic heterocycles. The first-order valence-electron chi connectivity index (χ1n) is 10.4. The highest BCUT2D eigenvalue weighted by atomic mass is 32.2. The standard InChI is InChI=1S/C26H30N4S/c1-4-7-24-25(30-26(29-24)20-12-14-22(31-3)15-13-20)21(16-18(2)17-27)11-10-19-8-5-6-9-23(19)28/h5-16H,4,17,27-28H2,1-3H3,(H,29,30)/b11-10+,18-16+,24-7-,25-21+. The van der Waals surface area contributed by atoms with Crippen molar-refractivity contribution >= 4 is 35.2 Å². The van der Waals surface area contributed by atoms with E-state index in [-0.39, 0.29) is 0 Å². The predicted octanol–water partition coefficient (Wildman–Crippen LogP) is 4.34. The van der Waals surface area contributed by atoms with E-state index in [1.54, 1.807) is 11.8 Å². The summed E-state index contributed by atoms with van der Waals surface area (Å²) in [4.78, 5) is 9.71. The van der Waals surface area contributed by atoms with Gasteiger partial charge in [-0.3, -0.25) is 0 Å². The first-order valence-corrected chi connectivity index (χ1v) is 11.6. The molecular weight excluding hydrogens is 400 g/mol. The lowest BCUT2D eigenvalue weighted by atomic mass is 10.1. The van der Waals surface area contributed by atoms with Crippen LogP contribution in [0.4, 0.5) is 5.69 Å². The predicted molar refractivity (Wildman–Crippen MR) is 136 cm³/mol. The summed E-state index contributed by atoms with van der Waals surface area (Å²) in [6, 6.07) is 16.3. The fraction of sp³-hybridized carbons (Fsp3) is 0.192. The van der Waals surface area contributed by atoms with Gasteiger partial charge in [0.05, 0.1) is 10.7 Å². The first kappa shape index (κ1) is 22.7. The molecule has 0 aliphatic carbocycles. The van der Waals surface area contributed by atoms with Crippen LogP contribution in [0.15, 0.2) is 71.2 Å². The van der Waals surface area contributed by atoms with Crippen LogP contribution < -0.4 is 22.2 Å². The highest BCUT2D eigenvalue weighted by Gasteiger charge is 2.06. The Morgan fingerprint density at radius 1 is 1.13 bits per heavy atom. The Morgan fingerprint density at radius 2 is 1.87 bits per heavy atom. The van der Waals surface area contributed by atoms with Crippen molar-refractivity contribution < 1.29 is 0 Å². The van der Waals surface area contributed by atoms with Crippen LogP contribution in [0.5, 0.6) is 0 Å². The summed E-state index contributed by atoms with van der Waals surface area (Å²) < 4.78 is 0. The van der Waals surface area contributed by atoms with Crippen molar-refractivity contribution in [2.75, 3.05) is 18.5 Å². The zero-order chi connectivity index (χ0) is 22.2. The van der Waals surface area contributed by atoms with E-state index in [2.05, 4.69) is 60.7 Å². The topological polar surface area (TPSA) is 80.7 Å². The van der Waals surface area contributed by atoms with E-state index in [0.29, 0.717) is 6.54 Å². The first-order chi connectivity index (χ1) is 15.0. The number of imidazole rings is 1. The summed E-state index contributed by atoms with van der Waals surface area (Å²) in [5.41, 5.74) is 16.9. The SMILES string of the molecule is CC\C=c1/[nH]c(-c2ccc(SC)cc2)n/c1=C(\C=C\c1ccccc1N)/C=C(\C)CN. The van der Waals surface area contributed by atoms with Gasteiger partial charge in [-0.05, 0) is 43.4 Å². The number of nitrogen functional groups attached to an aromatic ring is 1. The van der Waals surface area contributed by atoms with E-state index >= 15 is 0 Å². The summed E-state index contributed by atoms with van der Waals surface area (Å²) in [7, 11) is 0. The number of aromatic nitrogens is 2. The summed E-state index contributed by atoms with van der Waals surface area (Å²) >= 11 is 1.73. The zero-order valence-corrected chi connectivity index (χ0v) is 19.2. The van der Waals surface area contributed by atoms with Crippen molar-refractivity contribution in [2.24, 2.45) is 5.73 Å². The largest absolute Gasteiger partial charge is 0.398 e. The number of nitrogens with two attached hydrogens (primary N) is 2. The lowest BCUT2D eigenvalue weighted by Crippen LogP contribution is -2.26. The van der Waals surface area contributed by atoms with E-state index in [9.17, 15) is 0 Å². The minimum atomic E-state index is 0.491. The maximum absolute atomic E-state index is 6.13. The van der Waals surface area contributed by atoms with Crippen molar-refractivity contribution in [3.63, 3.8) is 0 Å². The van der Waals surface area contributed by atoms with Crippen molar-refractivity contribution in [2.45, 2.75) is 25.2 Å². The Hall–Kier alpha value is -3.02. The number of anilines is 1. The molecule has 0 bridgehead atoms. The van der Waals surface area contributed by atoms with E-state index in [1.165, 1.54) is 4.90 Å². The smallest absolute Gasteiger partial charge is 0.138 e. The van der Waals surface area contributed by atoms with Gasteiger partial charge in [0.25, 0.3) is 0 Å². The number of hydrogen-bond donors (Lipinski definition) is 3. The monoisotopic (exact) mass is 430 g/mol. The molecule has 5 heteroatoms. The highest BCUT2D eigenvalue weighted by Crippen LogP contribution is 2.19. The maximum atomic E-state index is 6.13. The van der Waals surface area contributed by atoms with Crippen LogP contribution >= 0.6 is 11.8 Å². The van der Waals surface area contributed by atoms with Gasteiger partial charge in [0, 0.05) is 28.3 Å². The minimum absolute atomic E-state index is 0.491. The molecular formula is C26H30N4S. The fourth-order valence-corrected chi connectivity index (χ4v) is 3.61. The Labute approximate surface area is 188 Å². The average Bonchev–Trinajstić information content (AvgIpc) is 3.21. The van der Waals surface area contributed by atoms with Gasteiger partial charge < -0.3 is 16.5 Å². The molecule has 0 amide bonds. The Balaban J connectivity index is 2.21. The molecule has 2 aromatic carbocycles. The molecule has 3 aromatic rings. The lowest BCUT2D eigenvalue weighted by Gasteiger charge is -2.01. The van der Waals surface area contributed by atoms with Crippen LogP contribution in [0.2, 0.25) is 0 Å². The summed E-state index contributed by atoms with van der Waals surface area (Å²) in [5.74, 6) is 0.853. The second-order valence-corrected chi connectivity index (χ2v) is 8.18. The van der Waals surface area contributed by atoms with Crippen molar-refractivity contribution in [3.05, 3.63) is 82.5 Å². The van der Waals surface area contributed by atoms with Gasteiger partial charge in [0.2, 0.25) is 0 Å². The number of benzene rings is 2. The molecule has 0 fully saturated rings. The average molecular weight is 431 g/mol. The maximum Gasteiger partial charge on any atom is 0.138 e. The number of para-hydroxylation sites is 1. The van der Waals surface area contributed by atoms with Gasteiger partial charge in [-0.2, -0.15) is 0 Å². The van der Waals surface area contributed by atoms with Crippen LogP contribution in [0.25, 0.3) is 29.1 Å². The quantitative estimate of drug-likeness (QED) is 0.385. The Kier molecular flexibility index (Phi) is 7.93. The zero-order valence-electron chi connectivity index (χ0n) is 18.4. The van der Waals surface area contributed by atoms with E-state index in [0.717, 1.165) is 50.9 Å². The molecule has 0 saturated heterocycles. The van der Waals surface area contributed by atoms with Crippen molar-refractivity contribution in [3.8, 4) is 11.4 Å². The van der Waals surface area contributed by atoms with Gasteiger partial charge in [-0.25, -0.2) is 4.98 Å². The minimum Gasteiger partial charge on any atom is -0.398 e. The Morgan fingerprint density at radius 3 is 2.52 bits per heavy atom. The molecule has 31 heavy (non-hydrogen) atoms. The van der Waals surface area contributed by atoms with Gasteiger partial charge in [0.15, 0.2) is 0 Å². The highest BCUT2D eigenvalue weighted by molar-refractivity contribution is 7.98. The van der Waals surface area contributed by atoms with Crippen LogP contribution in [0.3, 0.4) is 0 Å². The molecule has 0 unspecified atom stereocenters. The molecule has 0 saturated carbocycles. The summed E-state index contributed by atoms with van der Waals surface area (Å²) in [5, 5.41) is 1.91. The molecule has 0 aliphatic heterocycles. The van der Waals surface area contributed by atoms with E-state index < -0.39 is 0 Å². The molecule has 4 nitrogen and oxygen atoms in total. The number of thioether (sulfide) groups is 1. The fourth-order valence-electron chi connectivity index (χ4n) is 3.21. The molecule has 5 N–H and O–H groups in total. The molecule has 1 heterocycles. The van der Waals surface area contributed by atoms with Crippen LogP contribution in [-0.4, -0.2) is 22.8 Å². The Bertz CT molecular complexity index is 1200. The third-order valence-corrected chi connectivity index (χ3v) is 5.68. The van der Waals surface area contributed by atoms with Crippen molar-refractivity contribution in [1.82, 2.24) is 9.97 Å². The van der Waals surface area contributed by atoms with Gasteiger partial charge in [-0.15, -0.1) is 11.8 Å². The van der Waals surface area contributed by atoms with Crippen LogP contribution in [-0.2, 0) is 0 Å². The second-order valence-electron chi connectivity index (χ2n) is 7.30. The number of rotatable bonds is 7.